The molecule has 0 bridgehead atoms. The maximum Gasteiger partial charge on any atom is 0.305 e. The van der Waals surface area contributed by atoms with Gasteiger partial charge in [-0.05, 0) is 268 Å². The van der Waals surface area contributed by atoms with Crippen LogP contribution in [0.1, 0.15) is 120 Å². The van der Waals surface area contributed by atoms with Crippen molar-refractivity contribution in [3.8, 4) is 0 Å². The molecular weight excluding hydrogens is 1590 g/mol. The van der Waals surface area contributed by atoms with Gasteiger partial charge in [0.2, 0.25) is 0 Å². The zero-order valence-corrected chi connectivity index (χ0v) is 82.0. The monoisotopic (exact) mass is 1720 g/mol. The molecule has 5 aliphatic rings. The van der Waals surface area contributed by atoms with Crippen molar-refractivity contribution >= 4 is 132 Å². The van der Waals surface area contributed by atoms with Gasteiger partial charge in [0.25, 0.3) is 6.47 Å². The fourth-order valence-electron chi connectivity index (χ4n) is 19.7. The Bertz CT molecular complexity index is 5980. The molecule has 4 heterocycles. The van der Waals surface area contributed by atoms with Crippen LogP contribution >= 0.6 is 0 Å². The third-order valence-electron chi connectivity index (χ3n) is 27.2. The SMILES string of the molecule is CNc1ccc2c(c1)[Si](C)(C)c1cc(N(C)C)ccc1C2c1ccccc1C.COC(=O)CCCN(C)c1ccc2c(c1)[Si](C)(C)c1cc(N(C)C)ccc1C2c1ccccc1C.Cc1ccccc1C1=C2C=CC(=[N+](C)C)C=C2[Si](C)(C)c2cc(N(C)CCCOC=O)ccc21.Cc1ccccc1C1c2ccc(N)cc2[Si](C)(C)c2cc(N(C)C)ccc21. The number of hydrogen-bond acceptors (Lipinski definition) is 11. The summed E-state index contributed by atoms with van der Waals surface area (Å²) in [5.74, 6) is 0.658. The Labute approximate surface area is 744 Å². The van der Waals surface area contributed by atoms with Gasteiger partial charge in [0, 0.05) is 153 Å². The summed E-state index contributed by atoms with van der Waals surface area (Å²) in [4.78, 5) is 33.2. The summed E-state index contributed by atoms with van der Waals surface area (Å²) >= 11 is 0. The van der Waals surface area contributed by atoms with Crippen LogP contribution in [0.15, 0.2) is 253 Å². The summed E-state index contributed by atoms with van der Waals surface area (Å²) in [6, 6.07) is 83.9. The number of nitrogens with two attached hydrogens (primary N) is 1. The molecule has 3 N–H and O–H groups in total. The van der Waals surface area contributed by atoms with E-state index in [0.717, 1.165) is 31.6 Å². The van der Waals surface area contributed by atoms with Crippen LogP contribution in [0.3, 0.4) is 0 Å². The zero-order chi connectivity index (χ0) is 89.2. The molecule has 16 rings (SSSR count). The molecule has 0 saturated heterocycles. The number of hydrogen-bond donors (Lipinski definition) is 2. The molecule has 0 amide bonds. The maximum absolute atomic E-state index is 11.6. The number of nitrogens with one attached hydrogen (secondary N) is 1. The molecule has 0 spiro atoms. The Morgan fingerprint density at radius 3 is 1.23 bits per heavy atom. The Hall–Kier alpha value is -11.3. The minimum absolute atomic E-state index is 0.147. The highest BCUT2D eigenvalue weighted by Gasteiger charge is 2.45. The van der Waals surface area contributed by atoms with E-state index in [4.69, 9.17) is 15.2 Å². The second kappa shape index (κ2) is 37.3. The molecular formula is C108H131N8O4Si4+. The number of ether oxygens (including phenoxy) is 2. The highest BCUT2D eigenvalue weighted by molar-refractivity contribution is 7.03. The average molecular weight is 1720 g/mol. The number of allylic oxidation sites excluding steroid dienone is 5. The van der Waals surface area contributed by atoms with Crippen molar-refractivity contribution in [3.63, 3.8) is 0 Å². The normalized spacial score (nSPS) is 16.3. The van der Waals surface area contributed by atoms with Gasteiger partial charge in [-0.1, -0.05) is 192 Å². The lowest BCUT2D eigenvalue weighted by atomic mass is 9.82. The summed E-state index contributed by atoms with van der Waals surface area (Å²) in [7, 11) is 17.1. The highest BCUT2D eigenvalue weighted by atomic mass is 28.3. The number of anilines is 7. The fourth-order valence-corrected chi connectivity index (χ4v) is 32.4. The minimum atomic E-state index is -1.97. The second-order valence-electron chi connectivity index (χ2n) is 37.4. The number of esters is 1. The Kier molecular flexibility index (Phi) is 27.2. The maximum atomic E-state index is 11.6. The van der Waals surface area contributed by atoms with Gasteiger partial charge < -0.3 is 45.0 Å². The Morgan fingerprint density at radius 1 is 0.427 bits per heavy atom. The smallest absolute Gasteiger partial charge is 0.305 e. The first-order valence-corrected chi connectivity index (χ1v) is 56.0. The number of rotatable bonds is 19. The third kappa shape index (κ3) is 17.9. The van der Waals surface area contributed by atoms with Crippen molar-refractivity contribution in [3.05, 3.63) is 337 Å². The lowest BCUT2D eigenvalue weighted by Gasteiger charge is -2.40. The number of methoxy groups -OCH3 is 1. The van der Waals surface area contributed by atoms with E-state index in [2.05, 4.69) is 428 Å². The van der Waals surface area contributed by atoms with Crippen molar-refractivity contribution in [1.29, 1.82) is 0 Å². The van der Waals surface area contributed by atoms with Crippen molar-refractivity contribution in [2.45, 2.75) is 117 Å². The van der Waals surface area contributed by atoms with Crippen molar-refractivity contribution < 1.29 is 23.6 Å². The number of benzene rings is 11. The quantitative estimate of drug-likeness (QED) is 0.0202. The van der Waals surface area contributed by atoms with Crippen molar-refractivity contribution in [1.82, 2.24) is 0 Å². The summed E-state index contributed by atoms with van der Waals surface area (Å²) in [5.41, 5.74) is 39.4. The van der Waals surface area contributed by atoms with Gasteiger partial charge in [0.15, 0.2) is 5.71 Å². The highest BCUT2D eigenvalue weighted by Crippen LogP contribution is 2.46. The minimum Gasteiger partial charge on any atom is -0.469 e. The first-order valence-electron chi connectivity index (χ1n) is 44.0. The molecule has 642 valence electrons. The van der Waals surface area contributed by atoms with E-state index in [1.165, 1.54) is 173 Å². The molecule has 11 aromatic carbocycles. The van der Waals surface area contributed by atoms with Crippen LogP contribution in [0.5, 0.6) is 0 Å². The average Bonchev–Trinajstić information content (AvgIpc) is 0.738. The molecule has 0 fully saturated rings. The zero-order valence-electron chi connectivity index (χ0n) is 78.0. The van der Waals surface area contributed by atoms with Gasteiger partial charge in [0.1, 0.15) is 46.4 Å². The van der Waals surface area contributed by atoms with Gasteiger partial charge in [-0.25, -0.2) is 4.58 Å². The number of nitrogens with zero attached hydrogens (tertiary/aromatic N) is 6. The van der Waals surface area contributed by atoms with Crippen LogP contribution < -0.4 is 71.9 Å². The van der Waals surface area contributed by atoms with Crippen LogP contribution in [0.25, 0.3) is 5.57 Å². The van der Waals surface area contributed by atoms with Gasteiger partial charge in [0.05, 0.1) is 13.7 Å². The van der Waals surface area contributed by atoms with Gasteiger partial charge >= 0.3 is 5.97 Å². The third-order valence-corrected chi connectivity index (χ3v) is 41.3. The van der Waals surface area contributed by atoms with Crippen LogP contribution in [-0.4, -0.2) is 159 Å². The molecule has 12 nitrogen and oxygen atoms in total. The number of fused-ring (bicyclic) bond motifs is 8. The molecule has 1 aliphatic carbocycles. The second-order valence-corrected chi connectivity index (χ2v) is 54.7. The summed E-state index contributed by atoms with van der Waals surface area (Å²) in [5, 5.41) is 15.5. The number of aryl methyl sites for hydroxylation is 4. The summed E-state index contributed by atoms with van der Waals surface area (Å²) in [6.07, 6.45) is 9.02. The Morgan fingerprint density at radius 2 is 0.806 bits per heavy atom. The van der Waals surface area contributed by atoms with E-state index in [1.54, 1.807) is 10.4 Å². The first kappa shape index (κ1) is 90.4. The molecule has 0 saturated carbocycles. The van der Waals surface area contributed by atoms with Gasteiger partial charge in [-0.15, -0.1) is 0 Å². The van der Waals surface area contributed by atoms with Crippen LogP contribution in [-0.2, 0) is 19.1 Å². The molecule has 0 radical (unpaired) electrons. The van der Waals surface area contributed by atoms with E-state index in [0.29, 0.717) is 25.4 Å². The van der Waals surface area contributed by atoms with Gasteiger partial charge in [-0.3, -0.25) is 9.59 Å². The fraction of sp³-hybridized carbons (Fsp3) is 0.306. The largest absolute Gasteiger partial charge is 0.469 e. The molecule has 16 heteroatoms. The predicted octanol–water partition coefficient (Wildman–Crippen LogP) is 17.6. The topological polar surface area (TPSA) is 110 Å². The van der Waals surface area contributed by atoms with E-state index in [1.807, 2.05) is 7.05 Å². The molecule has 124 heavy (non-hydrogen) atoms. The Balaban J connectivity index is 0.000000143. The van der Waals surface area contributed by atoms with Crippen LogP contribution in [0.2, 0.25) is 52.4 Å². The lowest BCUT2D eigenvalue weighted by molar-refractivity contribution is -0.462. The van der Waals surface area contributed by atoms with E-state index < -0.39 is 32.3 Å². The molecule has 3 unspecified atom stereocenters. The van der Waals surface area contributed by atoms with E-state index in [-0.39, 0.29) is 17.8 Å². The van der Waals surface area contributed by atoms with Gasteiger partial charge in [-0.2, -0.15) is 0 Å². The van der Waals surface area contributed by atoms with Crippen molar-refractivity contribution in [2.75, 3.05) is 140 Å². The van der Waals surface area contributed by atoms with Crippen LogP contribution in [0, 0.1) is 27.7 Å². The molecule has 11 aromatic rings. The first-order chi connectivity index (χ1) is 59.0. The summed E-state index contributed by atoms with van der Waals surface area (Å²) < 4.78 is 11.9. The number of carbonyl (C=O) groups excluding carboxylic acids is 2. The van der Waals surface area contributed by atoms with E-state index in [9.17, 15) is 9.59 Å². The lowest BCUT2D eigenvalue weighted by Crippen LogP contribution is -2.59. The molecule has 4 aliphatic heterocycles. The standard InChI is InChI=1S/C30H38N2O2Si.C29H35N2O2Si.C25H30N2Si.C24H28N2Si/c1-21-11-8-9-12-24(21)30-25-16-14-22(31(2)3)19-27(25)35(6,7)28-20-23(15-17-26(28)30)32(4)18-10-13-29(33)34-5;1-21-10-7-8-11-24(21)29-25-14-12-22(30(2)3)18-27(25)34(5,6)28-19-23(13-15-26(28)29)31(4)16-9-17-33-20-32;1-17-9-7-8-10-20(17)25-21-13-11-18(26-2)15-23(21)28(5,6)24-16-19(27(3)4)12-14-22(24)25;1-16-8-6-7-9-19(16)24-20-12-10-17(25)14-22(20)27(4,5)23-15-18(26(2)3)11-13-21(23)24/h8-9,11-12,14-17,19-20,30H,10,13,18H2,1-7H3;7-8,10-15,18-20H,9,16-17H2,1-6H3;7-16,25-26H,1-6H3;6-15,24H,25H2,1-5H3/q;+1;;. The van der Waals surface area contributed by atoms with Crippen LogP contribution in [0.4, 0.5) is 39.8 Å². The van der Waals surface area contributed by atoms with E-state index >= 15 is 0 Å². The number of carbonyl (C=O) groups is 2. The molecule has 3 atom stereocenters. The van der Waals surface area contributed by atoms with Crippen molar-refractivity contribution in [2.24, 2.45) is 0 Å². The number of nitrogen functional groups attached to an aromatic ring is 1. The molecule has 0 aromatic heterocycles. The summed E-state index contributed by atoms with van der Waals surface area (Å²) in [6.45, 7) is 31.3. The predicted molar refractivity (Wildman–Crippen MR) is 542 cm³/mol.